The average molecular weight is 284 g/mol. The number of amides is 2. The maximum absolute atomic E-state index is 12.8. The number of nitrogens with zero attached hydrogens (tertiary/aromatic N) is 1. The van der Waals surface area contributed by atoms with Gasteiger partial charge in [0.15, 0.2) is 0 Å². The van der Waals surface area contributed by atoms with Gasteiger partial charge in [0.2, 0.25) is 11.8 Å². The van der Waals surface area contributed by atoms with Crippen molar-refractivity contribution >= 4 is 11.8 Å². The Morgan fingerprint density at radius 3 is 2.35 bits per heavy atom. The van der Waals surface area contributed by atoms with E-state index in [1.165, 1.54) is 0 Å². The van der Waals surface area contributed by atoms with E-state index in [1.54, 1.807) is 12.0 Å². The predicted molar refractivity (Wildman–Crippen MR) is 78.3 cm³/mol. The molecule has 116 valence electrons. The van der Waals surface area contributed by atoms with E-state index in [-0.39, 0.29) is 17.9 Å². The first-order valence-electron chi connectivity index (χ1n) is 7.53. The number of piperazine rings is 1. The summed E-state index contributed by atoms with van der Waals surface area (Å²) >= 11 is 0. The van der Waals surface area contributed by atoms with Gasteiger partial charge >= 0.3 is 0 Å². The zero-order chi connectivity index (χ0) is 15.3. The van der Waals surface area contributed by atoms with E-state index in [2.05, 4.69) is 19.2 Å². The zero-order valence-electron chi connectivity index (χ0n) is 13.4. The highest BCUT2D eigenvalue weighted by molar-refractivity contribution is 5.99. The summed E-state index contributed by atoms with van der Waals surface area (Å²) in [5, 5.41) is 2.97. The highest BCUT2D eigenvalue weighted by Gasteiger charge is 2.48. The first-order chi connectivity index (χ1) is 9.41. The number of carbonyl (C=O) groups excluding carboxylic acids is 2. The smallest absolute Gasteiger partial charge is 0.249 e. The second kappa shape index (κ2) is 7.07. The molecule has 1 heterocycles. The largest absolute Gasteiger partial charge is 0.383 e. The Morgan fingerprint density at radius 2 is 1.90 bits per heavy atom. The van der Waals surface area contributed by atoms with Crippen LogP contribution in [0.25, 0.3) is 0 Å². The van der Waals surface area contributed by atoms with Crippen LogP contribution >= 0.6 is 0 Å². The minimum absolute atomic E-state index is 0.0295. The zero-order valence-corrected chi connectivity index (χ0v) is 13.4. The second-order valence-corrected chi connectivity index (χ2v) is 5.92. The van der Waals surface area contributed by atoms with Gasteiger partial charge in [-0.3, -0.25) is 9.59 Å². The number of methoxy groups -OCH3 is 1. The first-order valence-corrected chi connectivity index (χ1v) is 7.53. The van der Waals surface area contributed by atoms with Crippen molar-refractivity contribution in [1.82, 2.24) is 10.2 Å². The van der Waals surface area contributed by atoms with Crippen LogP contribution in [0.3, 0.4) is 0 Å². The van der Waals surface area contributed by atoms with Gasteiger partial charge in [-0.2, -0.15) is 0 Å². The van der Waals surface area contributed by atoms with Gasteiger partial charge in [0.05, 0.1) is 6.61 Å². The third-order valence-corrected chi connectivity index (χ3v) is 4.15. The summed E-state index contributed by atoms with van der Waals surface area (Å²) in [6.07, 6.45) is 1.92. The van der Waals surface area contributed by atoms with Crippen LogP contribution in [0.15, 0.2) is 0 Å². The molecule has 1 N–H and O–H groups in total. The van der Waals surface area contributed by atoms with Crippen LogP contribution in [0.1, 0.15) is 47.0 Å². The molecule has 1 unspecified atom stereocenters. The normalized spacial score (nSPS) is 22.3. The highest BCUT2D eigenvalue weighted by atomic mass is 16.5. The van der Waals surface area contributed by atoms with Crippen molar-refractivity contribution in [2.75, 3.05) is 20.3 Å². The van der Waals surface area contributed by atoms with Gasteiger partial charge in [0, 0.05) is 13.7 Å². The summed E-state index contributed by atoms with van der Waals surface area (Å²) in [6.45, 7) is 8.94. The highest BCUT2D eigenvalue weighted by Crippen LogP contribution is 2.27. The number of hydrogen-bond donors (Lipinski definition) is 1. The molecule has 1 fully saturated rings. The molecule has 0 spiro atoms. The van der Waals surface area contributed by atoms with E-state index < -0.39 is 5.54 Å². The van der Waals surface area contributed by atoms with Gasteiger partial charge in [-0.25, -0.2) is 0 Å². The molecular weight excluding hydrogens is 256 g/mol. The molecule has 5 nitrogen and oxygen atoms in total. The lowest BCUT2D eigenvalue weighted by Gasteiger charge is -2.46. The lowest BCUT2D eigenvalue weighted by molar-refractivity contribution is -0.156. The van der Waals surface area contributed by atoms with E-state index in [1.807, 2.05) is 13.8 Å². The van der Waals surface area contributed by atoms with Gasteiger partial charge in [-0.1, -0.05) is 27.7 Å². The fourth-order valence-electron chi connectivity index (χ4n) is 2.79. The maximum Gasteiger partial charge on any atom is 0.249 e. The minimum atomic E-state index is -0.738. The SMILES string of the molecule is CCC1(CC)NC(=O)C(CC(C)C)N(CCOC)C1=O. The Kier molecular flexibility index (Phi) is 5.99. The van der Waals surface area contributed by atoms with E-state index in [0.29, 0.717) is 38.3 Å². The molecule has 0 aromatic rings. The molecule has 1 atom stereocenters. The maximum atomic E-state index is 12.8. The van der Waals surface area contributed by atoms with Crippen LogP contribution in [-0.2, 0) is 14.3 Å². The van der Waals surface area contributed by atoms with Crippen molar-refractivity contribution in [2.45, 2.75) is 58.5 Å². The van der Waals surface area contributed by atoms with Crippen molar-refractivity contribution in [3.8, 4) is 0 Å². The number of carbonyl (C=O) groups is 2. The standard InChI is InChI=1S/C15H28N2O3/c1-6-15(7-2)14(19)17(8-9-20-5)12(10-11(3)4)13(18)16-15/h11-12H,6-10H2,1-5H3,(H,16,18). The van der Waals surface area contributed by atoms with E-state index in [4.69, 9.17) is 4.74 Å². The Balaban J connectivity index is 3.03. The number of hydrogen-bond acceptors (Lipinski definition) is 3. The van der Waals surface area contributed by atoms with Crippen LogP contribution in [0.2, 0.25) is 0 Å². The molecule has 0 aromatic carbocycles. The van der Waals surface area contributed by atoms with Crippen molar-refractivity contribution < 1.29 is 14.3 Å². The minimum Gasteiger partial charge on any atom is -0.383 e. The monoisotopic (exact) mass is 284 g/mol. The third kappa shape index (κ3) is 3.32. The molecule has 0 aliphatic carbocycles. The van der Waals surface area contributed by atoms with E-state index in [9.17, 15) is 9.59 Å². The summed E-state index contributed by atoms with van der Waals surface area (Å²) in [6, 6.07) is -0.371. The molecule has 0 radical (unpaired) electrons. The summed E-state index contributed by atoms with van der Waals surface area (Å²) in [4.78, 5) is 27.0. The fourth-order valence-corrected chi connectivity index (χ4v) is 2.79. The van der Waals surface area contributed by atoms with Gasteiger partial charge in [-0.05, 0) is 25.2 Å². The van der Waals surface area contributed by atoms with E-state index in [0.717, 1.165) is 0 Å². The van der Waals surface area contributed by atoms with E-state index >= 15 is 0 Å². The average Bonchev–Trinajstić information content (AvgIpc) is 2.42. The summed E-state index contributed by atoms with van der Waals surface area (Å²) in [5.41, 5.74) is -0.738. The molecule has 5 heteroatoms. The molecule has 1 rings (SSSR count). The van der Waals surface area contributed by atoms with Crippen LogP contribution in [0.5, 0.6) is 0 Å². The van der Waals surface area contributed by atoms with Gasteiger partial charge in [0.1, 0.15) is 11.6 Å². The Labute approximate surface area is 122 Å². The summed E-state index contributed by atoms with van der Waals surface area (Å²) < 4.78 is 5.09. The molecule has 20 heavy (non-hydrogen) atoms. The molecule has 1 saturated heterocycles. The summed E-state index contributed by atoms with van der Waals surface area (Å²) in [5.74, 6) is 0.363. The topological polar surface area (TPSA) is 58.6 Å². The quantitative estimate of drug-likeness (QED) is 0.772. The van der Waals surface area contributed by atoms with Crippen molar-refractivity contribution in [2.24, 2.45) is 5.92 Å². The first kappa shape index (κ1) is 17.0. The van der Waals surface area contributed by atoms with Crippen LogP contribution < -0.4 is 5.32 Å². The fraction of sp³-hybridized carbons (Fsp3) is 0.867. The van der Waals surface area contributed by atoms with Crippen LogP contribution in [0.4, 0.5) is 0 Å². The lowest BCUT2D eigenvalue weighted by Crippen LogP contribution is -2.70. The van der Waals surface area contributed by atoms with Crippen molar-refractivity contribution in [3.63, 3.8) is 0 Å². The number of ether oxygens (including phenoxy) is 1. The molecule has 1 aliphatic heterocycles. The summed E-state index contributed by atoms with van der Waals surface area (Å²) in [7, 11) is 1.61. The third-order valence-electron chi connectivity index (χ3n) is 4.15. The Hall–Kier alpha value is -1.10. The number of nitrogens with one attached hydrogen (secondary N) is 1. The van der Waals surface area contributed by atoms with Gasteiger partial charge < -0.3 is 15.0 Å². The Bertz CT molecular complexity index is 351. The molecule has 2 amide bonds. The molecule has 1 aliphatic rings. The number of rotatable bonds is 7. The second-order valence-electron chi connectivity index (χ2n) is 5.92. The molecule has 0 aromatic heterocycles. The molecule has 0 bridgehead atoms. The molecule has 0 saturated carbocycles. The Morgan fingerprint density at radius 1 is 1.30 bits per heavy atom. The van der Waals surface area contributed by atoms with Crippen LogP contribution in [-0.4, -0.2) is 48.6 Å². The lowest BCUT2D eigenvalue weighted by atomic mass is 9.85. The predicted octanol–water partition coefficient (Wildman–Crippen LogP) is 1.56. The molecular formula is C15H28N2O3. The van der Waals surface area contributed by atoms with Crippen molar-refractivity contribution in [1.29, 1.82) is 0 Å². The van der Waals surface area contributed by atoms with Gasteiger partial charge in [-0.15, -0.1) is 0 Å². The van der Waals surface area contributed by atoms with Crippen LogP contribution in [0, 0.1) is 5.92 Å². The van der Waals surface area contributed by atoms with Gasteiger partial charge in [0.25, 0.3) is 0 Å². The van der Waals surface area contributed by atoms with Crippen molar-refractivity contribution in [3.05, 3.63) is 0 Å².